The molecule has 2 aromatic rings. The molecule has 2 fully saturated rings. The summed E-state index contributed by atoms with van der Waals surface area (Å²) in [6, 6.07) is 19.8. The van der Waals surface area contributed by atoms with Crippen LogP contribution in [0.5, 0.6) is 5.75 Å². The number of para-hydroxylation sites is 1. The fourth-order valence-electron chi connectivity index (χ4n) is 4.44. The van der Waals surface area contributed by atoms with E-state index in [1.165, 1.54) is 24.8 Å². The molecule has 1 saturated carbocycles. The second-order valence-electron chi connectivity index (χ2n) is 7.50. The van der Waals surface area contributed by atoms with Crippen LogP contribution in [0.3, 0.4) is 0 Å². The average Bonchev–Trinajstić information content (AvgIpc) is 3.21. The number of ether oxygens (including phenoxy) is 2. The summed E-state index contributed by atoms with van der Waals surface area (Å²) in [6.07, 6.45) is 3.85. The van der Waals surface area contributed by atoms with Gasteiger partial charge in [-0.3, -0.25) is 0 Å². The first-order valence-electron chi connectivity index (χ1n) is 10.2. The van der Waals surface area contributed by atoms with Gasteiger partial charge in [0.1, 0.15) is 12.4 Å². The van der Waals surface area contributed by atoms with Crippen LogP contribution in [0.15, 0.2) is 54.6 Å². The van der Waals surface area contributed by atoms with Gasteiger partial charge in [-0.05, 0) is 30.4 Å². The van der Waals surface area contributed by atoms with Gasteiger partial charge < -0.3 is 20.1 Å². The molecule has 0 bridgehead atoms. The summed E-state index contributed by atoms with van der Waals surface area (Å²) in [4.78, 5) is 0. The summed E-state index contributed by atoms with van der Waals surface area (Å²) >= 11 is 0. The van der Waals surface area contributed by atoms with Crippen LogP contribution in [0.25, 0.3) is 11.1 Å². The maximum Gasteiger partial charge on any atom is 0.127 e. The Labute approximate surface area is 174 Å². The van der Waals surface area contributed by atoms with Gasteiger partial charge in [-0.15, -0.1) is 12.4 Å². The predicted octanol–water partition coefficient (Wildman–Crippen LogP) is 3.90. The highest BCUT2D eigenvalue weighted by Gasteiger charge is 2.34. The number of rotatable bonds is 7. The molecular weight excluding hydrogens is 372 g/mol. The molecule has 28 heavy (non-hydrogen) atoms. The van der Waals surface area contributed by atoms with E-state index in [4.69, 9.17) is 9.47 Å². The largest absolute Gasteiger partial charge is 0.492 e. The zero-order valence-corrected chi connectivity index (χ0v) is 17.1. The van der Waals surface area contributed by atoms with Gasteiger partial charge in [0.25, 0.3) is 0 Å². The van der Waals surface area contributed by atoms with Gasteiger partial charge in [-0.1, -0.05) is 55.0 Å². The highest BCUT2D eigenvalue weighted by molar-refractivity contribution is 5.85. The maximum absolute atomic E-state index is 6.13. The number of hydrogen-bond acceptors (Lipinski definition) is 4. The molecule has 3 unspecified atom stereocenters. The van der Waals surface area contributed by atoms with Crippen LogP contribution in [0.4, 0.5) is 0 Å². The Kier molecular flexibility index (Phi) is 8.16. The molecule has 2 N–H and O–H groups in total. The normalized spacial score (nSPS) is 24.5. The van der Waals surface area contributed by atoms with Gasteiger partial charge in [-0.25, -0.2) is 0 Å². The third-order valence-electron chi connectivity index (χ3n) is 5.77. The predicted molar refractivity (Wildman–Crippen MR) is 116 cm³/mol. The van der Waals surface area contributed by atoms with Crippen LogP contribution < -0.4 is 15.4 Å². The van der Waals surface area contributed by atoms with Crippen molar-refractivity contribution in [3.8, 4) is 16.9 Å². The molecular formula is C23H31ClN2O2. The number of morpholine rings is 1. The summed E-state index contributed by atoms with van der Waals surface area (Å²) in [5.74, 6) is 1.62. The zero-order chi connectivity index (χ0) is 18.3. The Hall–Kier alpha value is -1.59. The van der Waals surface area contributed by atoms with E-state index in [9.17, 15) is 0 Å². The van der Waals surface area contributed by atoms with Crippen molar-refractivity contribution in [2.24, 2.45) is 5.92 Å². The average molecular weight is 403 g/mol. The molecule has 0 radical (unpaired) electrons. The van der Waals surface area contributed by atoms with Crippen LogP contribution in [0, 0.1) is 5.92 Å². The molecule has 5 heteroatoms. The highest BCUT2D eigenvalue weighted by atomic mass is 35.5. The van der Waals surface area contributed by atoms with Crippen molar-refractivity contribution in [3.05, 3.63) is 54.6 Å². The van der Waals surface area contributed by atoms with Gasteiger partial charge in [0.05, 0.1) is 13.2 Å². The van der Waals surface area contributed by atoms with E-state index in [2.05, 4.69) is 53.1 Å². The van der Waals surface area contributed by atoms with Gasteiger partial charge in [0.15, 0.2) is 0 Å². The monoisotopic (exact) mass is 402 g/mol. The summed E-state index contributed by atoms with van der Waals surface area (Å²) in [7, 11) is 0. The third kappa shape index (κ3) is 5.26. The molecule has 0 amide bonds. The van der Waals surface area contributed by atoms with Crippen molar-refractivity contribution in [1.29, 1.82) is 0 Å². The molecule has 2 aliphatic rings. The molecule has 0 aromatic heterocycles. The molecule has 4 nitrogen and oxygen atoms in total. The maximum atomic E-state index is 6.13. The fourth-order valence-corrected chi connectivity index (χ4v) is 4.44. The van der Waals surface area contributed by atoms with Crippen molar-refractivity contribution in [1.82, 2.24) is 10.6 Å². The number of halogens is 1. The van der Waals surface area contributed by atoms with E-state index in [0.717, 1.165) is 37.6 Å². The summed E-state index contributed by atoms with van der Waals surface area (Å²) in [6.45, 7) is 4.23. The number of hydrogen-bond donors (Lipinski definition) is 2. The summed E-state index contributed by atoms with van der Waals surface area (Å²) in [5, 5.41) is 7.37. The van der Waals surface area contributed by atoms with Gasteiger partial charge in [0, 0.05) is 30.7 Å². The van der Waals surface area contributed by atoms with Crippen LogP contribution >= 0.6 is 12.4 Å². The minimum atomic E-state index is 0. The van der Waals surface area contributed by atoms with Crippen molar-refractivity contribution in [3.63, 3.8) is 0 Å². The quantitative estimate of drug-likeness (QED) is 0.689. The molecule has 4 rings (SSSR count). The summed E-state index contributed by atoms with van der Waals surface area (Å²) < 4.78 is 11.8. The standard InChI is InChI=1S/C23H30N2O2.ClH/c1-2-7-18(8-3-1)19-9-4-5-12-23(19)27-16-14-24-21-11-6-10-20(21)22-17-26-15-13-25-22;/h1-5,7-9,12,20-22,24-25H,6,10-11,13-17H2;1H. The van der Waals surface area contributed by atoms with Crippen molar-refractivity contribution < 1.29 is 9.47 Å². The van der Waals surface area contributed by atoms with Gasteiger partial charge in [0.2, 0.25) is 0 Å². The van der Waals surface area contributed by atoms with Gasteiger partial charge in [-0.2, -0.15) is 0 Å². The second-order valence-corrected chi connectivity index (χ2v) is 7.50. The molecule has 1 saturated heterocycles. The van der Waals surface area contributed by atoms with Crippen LogP contribution in [0.2, 0.25) is 0 Å². The van der Waals surface area contributed by atoms with Crippen LogP contribution in [-0.4, -0.2) is 45.0 Å². The van der Waals surface area contributed by atoms with E-state index >= 15 is 0 Å². The Balaban J connectivity index is 0.00000225. The summed E-state index contributed by atoms with van der Waals surface area (Å²) in [5.41, 5.74) is 2.35. The van der Waals surface area contributed by atoms with E-state index in [0.29, 0.717) is 24.6 Å². The third-order valence-corrected chi connectivity index (χ3v) is 5.77. The first kappa shape index (κ1) is 21.1. The first-order chi connectivity index (χ1) is 13.4. The fraction of sp³-hybridized carbons (Fsp3) is 0.478. The van der Waals surface area contributed by atoms with Crippen molar-refractivity contribution >= 4 is 12.4 Å². The lowest BCUT2D eigenvalue weighted by molar-refractivity contribution is 0.0523. The topological polar surface area (TPSA) is 42.5 Å². The Bertz CT molecular complexity index is 707. The van der Waals surface area contributed by atoms with E-state index < -0.39 is 0 Å². The zero-order valence-electron chi connectivity index (χ0n) is 16.3. The smallest absolute Gasteiger partial charge is 0.127 e. The molecule has 1 aliphatic heterocycles. The molecule has 1 aliphatic carbocycles. The Morgan fingerprint density at radius 2 is 1.86 bits per heavy atom. The first-order valence-corrected chi connectivity index (χ1v) is 10.2. The van der Waals surface area contributed by atoms with Crippen LogP contribution in [0.1, 0.15) is 19.3 Å². The highest BCUT2D eigenvalue weighted by Crippen LogP contribution is 2.30. The van der Waals surface area contributed by atoms with Crippen LogP contribution in [-0.2, 0) is 4.74 Å². The molecule has 1 heterocycles. The lowest BCUT2D eigenvalue weighted by atomic mass is 9.94. The number of nitrogens with one attached hydrogen (secondary N) is 2. The molecule has 3 atom stereocenters. The van der Waals surface area contributed by atoms with Crippen molar-refractivity contribution in [2.75, 3.05) is 32.9 Å². The second kappa shape index (κ2) is 10.8. The SMILES string of the molecule is Cl.c1ccc(-c2ccccc2OCCNC2CCCC2C2COCCN2)cc1. The number of benzene rings is 2. The lowest BCUT2D eigenvalue weighted by Gasteiger charge is -2.33. The van der Waals surface area contributed by atoms with E-state index in [1.807, 2.05) is 12.1 Å². The minimum absolute atomic E-state index is 0. The van der Waals surface area contributed by atoms with Gasteiger partial charge >= 0.3 is 0 Å². The minimum Gasteiger partial charge on any atom is -0.492 e. The van der Waals surface area contributed by atoms with E-state index in [-0.39, 0.29) is 12.4 Å². The Morgan fingerprint density at radius 1 is 1.04 bits per heavy atom. The van der Waals surface area contributed by atoms with E-state index in [1.54, 1.807) is 0 Å². The molecule has 2 aromatic carbocycles. The lowest BCUT2D eigenvalue weighted by Crippen LogP contribution is -2.51. The molecule has 0 spiro atoms. The molecule has 152 valence electrons. The van der Waals surface area contributed by atoms with Crippen molar-refractivity contribution in [2.45, 2.75) is 31.3 Å². The Morgan fingerprint density at radius 3 is 2.68 bits per heavy atom.